The number of ether oxygens (including phenoxy) is 1. The number of carbonyl (C=O) groups excluding carboxylic acids is 2. The number of aliphatic hydroxyl groups is 1. The molecule has 4 aromatic rings. The molecule has 3 N–H and O–H groups in total. The predicted molar refractivity (Wildman–Crippen MR) is 221 cm³/mol. The molecule has 1 aliphatic carbocycles. The first kappa shape index (κ1) is 39.0. The van der Waals surface area contributed by atoms with Gasteiger partial charge in [0.1, 0.15) is 23.7 Å². The van der Waals surface area contributed by atoms with Crippen molar-refractivity contribution < 1.29 is 19.4 Å². The van der Waals surface area contributed by atoms with E-state index >= 15 is 0 Å². The number of hydrogen-bond donors (Lipinski definition) is 3. The average molecular weight is 793 g/mol. The van der Waals surface area contributed by atoms with E-state index in [1.807, 2.05) is 29.2 Å². The van der Waals surface area contributed by atoms with E-state index in [9.17, 15) is 20.0 Å². The quantitative estimate of drug-likeness (QED) is 0.178. The number of benzene rings is 2. The molecule has 0 radical (unpaired) electrons. The zero-order chi connectivity index (χ0) is 40.1. The van der Waals surface area contributed by atoms with Crippen LogP contribution in [0.1, 0.15) is 81.8 Å². The third kappa shape index (κ3) is 7.53. The van der Waals surface area contributed by atoms with E-state index in [0.29, 0.717) is 46.8 Å². The van der Waals surface area contributed by atoms with Crippen molar-refractivity contribution in [3.05, 3.63) is 83.1 Å². The molecule has 4 aliphatic rings. The summed E-state index contributed by atoms with van der Waals surface area (Å²) in [4.78, 5) is 36.8. The van der Waals surface area contributed by atoms with E-state index in [1.165, 1.54) is 5.52 Å². The summed E-state index contributed by atoms with van der Waals surface area (Å²) < 4.78 is 8.79. The molecular weight excluding hydrogens is 740 g/mol. The van der Waals surface area contributed by atoms with Crippen molar-refractivity contribution in [1.29, 1.82) is 5.26 Å². The van der Waals surface area contributed by atoms with E-state index < -0.39 is 6.35 Å². The van der Waals surface area contributed by atoms with E-state index in [4.69, 9.17) is 21.3 Å². The van der Waals surface area contributed by atoms with Gasteiger partial charge in [0.2, 0.25) is 12.3 Å². The molecule has 4 fully saturated rings. The molecular formula is C44H53ClN8O4. The molecule has 1 saturated carbocycles. The van der Waals surface area contributed by atoms with Crippen LogP contribution in [0.5, 0.6) is 5.75 Å². The molecule has 3 saturated heterocycles. The topological polar surface area (TPSA) is 139 Å². The SMILES string of the molecule is CC1(C)C(NC(=O)c2ccc(N3CCC(CN4CCC(n5ccc6c(N7CCC(=O)NC7O)cccc65)CC4)CC3)nc2)C(C)(C)C1Oc1ccc(C#N)c(Cl)c1. The molecule has 5 heterocycles. The second kappa shape index (κ2) is 15.5. The molecule has 13 heteroatoms. The maximum atomic E-state index is 13.5. The number of rotatable bonds is 9. The van der Waals surface area contributed by atoms with Gasteiger partial charge >= 0.3 is 0 Å². The van der Waals surface area contributed by atoms with Gasteiger partial charge in [-0.15, -0.1) is 0 Å². The number of nitrogens with zero attached hydrogens (tertiary/aromatic N) is 6. The Morgan fingerprint density at radius 3 is 2.44 bits per heavy atom. The first-order chi connectivity index (χ1) is 27.3. The highest BCUT2D eigenvalue weighted by atomic mass is 35.5. The lowest BCUT2D eigenvalue weighted by molar-refractivity contribution is -0.164. The van der Waals surface area contributed by atoms with Gasteiger partial charge in [-0.25, -0.2) is 4.98 Å². The van der Waals surface area contributed by atoms with Gasteiger partial charge in [0.15, 0.2) is 0 Å². The van der Waals surface area contributed by atoms with Crippen LogP contribution in [-0.4, -0.2) is 89.1 Å². The monoisotopic (exact) mass is 792 g/mol. The number of halogens is 1. The summed E-state index contributed by atoms with van der Waals surface area (Å²) in [6.45, 7) is 14.0. The highest BCUT2D eigenvalue weighted by Gasteiger charge is 2.64. The summed E-state index contributed by atoms with van der Waals surface area (Å²) in [5.41, 5.74) is 2.36. The van der Waals surface area contributed by atoms with Gasteiger partial charge in [0.05, 0.1) is 21.7 Å². The van der Waals surface area contributed by atoms with Crippen molar-refractivity contribution in [2.75, 3.05) is 49.1 Å². The standard InChI is InChI=1S/C44H53ClN8O4/c1-43(2)40(44(3,4)41(43)57-32-10-8-29(25-46)34(45)24-32)49-39(55)30-9-11-37(47-26-30)51-20-12-28(13-21-51)27-50-18-14-31(15-19-50)52-22-16-33-35(52)6-5-7-36(33)53-23-17-38(54)48-42(53)56/h5-11,16,22,24,26,28,31,40-42,56H,12-15,17-21,23,27H2,1-4H3,(H,48,54)(H,49,55). The molecule has 0 bridgehead atoms. The van der Waals surface area contributed by atoms with Gasteiger partial charge < -0.3 is 39.7 Å². The van der Waals surface area contributed by atoms with Crippen molar-refractivity contribution in [3.63, 3.8) is 0 Å². The van der Waals surface area contributed by atoms with E-state index in [-0.39, 0.29) is 34.8 Å². The first-order valence-electron chi connectivity index (χ1n) is 20.3. The number of nitrogens with one attached hydrogen (secondary N) is 2. The summed E-state index contributed by atoms with van der Waals surface area (Å²) in [5, 5.41) is 27.1. The van der Waals surface area contributed by atoms with E-state index in [0.717, 1.165) is 75.3 Å². The third-order valence-electron chi connectivity index (χ3n) is 13.1. The van der Waals surface area contributed by atoms with Crippen molar-refractivity contribution in [2.45, 2.75) is 84.3 Å². The van der Waals surface area contributed by atoms with Gasteiger partial charge in [0.25, 0.3) is 5.91 Å². The molecule has 57 heavy (non-hydrogen) atoms. The van der Waals surface area contributed by atoms with Crippen LogP contribution in [-0.2, 0) is 4.79 Å². The summed E-state index contributed by atoms with van der Waals surface area (Å²) in [5.74, 6) is 1.88. The van der Waals surface area contributed by atoms with E-state index in [2.05, 4.69) is 77.1 Å². The van der Waals surface area contributed by atoms with Crippen molar-refractivity contribution in [3.8, 4) is 11.8 Å². The fourth-order valence-electron chi connectivity index (χ4n) is 10.2. The molecule has 2 aromatic heterocycles. The van der Waals surface area contributed by atoms with Crippen LogP contribution in [0.4, 0.5) is 11.5 Å². The second-order valence-corrected chi connectivity index (χ2v) is 17.9. The van der Waals surface area contributed by atoms with Crippen molar-refractivity contribution in [1.82, 2.24) is 25.1 Å². The van der Waals surface area contributed by atoms with Gasteiger partial charge in [-0.3, -0.25) is 9.59 Å². The smallest absolute Gasteiger partial charge is 0.253 e. The van der Waals surface area contributed by atoms with Gasteiger partial charge in [0, 0.05) is 98.1 Å². The number of hydrogen-bond acceptors (Lipinski definition) is 9. The van der Waals surface area contributed by atoms with Gasteiger partial charge in [-0.2, -0.15) is 5.26 Å². The van der Waals surface area contributed by atoms with Gasteiger partial charge in [-0.1, -0.05) is 45.4 Å². The normalized spacial score (nSPS) is 24.1. The number of carbonyl (C=O) groups is 2. The Kier molecular flexibility index (Phi) is 10.6. The lowest BCUT2D eigenvalue weighted by atomic mass is 9.49. The number of fused-ring (bicyclic) bond motifs is 1. The summed E-state index contributed by atoms with van der Waals surface area (Å²) >= 11 is 6.26. The number of aliphatic hydroxyl groups excluding tert-OH is 1. The van der Waals surface area contributed by atoms with Crippen molar-refractivity contribution >= 4 is 45.8 Å². The van der Waals surface area contributed by atoms with Crippen LogP contribution >= 0.6 is 11.6 Å². The van der Waals surface area contributed by atoms with Crippen molar-refractivity contribution in [2.24, 2.45) is 16.7 Å². The molecule has 1 atom stereocenters. The number of pyridine rings is 1. The highest BCUT2D eigenvalue weighted by Crippen LogP contribution is 2.55. The number of aromatic nitrogens is 2. The fraction of sp³-hybridized carbons (Fsp3) is 0.500. The summed E-state index contributed by atoms with van der Waals surface area (Å²) in [7, 11) is 0. The fourth-order valence-corrected chi connectivity index (χ4v) is 10.5. The first-order valence-corrected chi connectivity index (χ1v) is 20.7. The Morgan fingerprint density at radius 1 is 1.02 bits per heavy atom. The molecule has 0 spiro atoms. The second-order valence-electron chi connectivity index (χ2n) is 17.5. The minimum atomic E-state index is -1.01. The molecule has 300 valence electrons. The Morgan fingerprint density at radius 2 is 1.77 bits per heavy atom. The third-order valence-corrected chi connectivity index (χ3v) is 13.4. The van der Waals surface area contributed by atoms with Gasteiger partial charge in [-0.05, 0) is 74.1 Å². The zero-order valence-corrected chi connectivity index (χ0v) is 34.0. The number of nitriles is 1. The van der Waals surface area contributed by atoms with Crippen LogP contribution in [0.2, 0.25) is 5.02 Å². The largest absolute Gasteiger partial charge is 0.489 e. The average Bonchev–Trinajstić information content (AvgIpc) is 3.64. The lowest BCUT2D eigenvalue weighted by Crippen LogP contribution is -2.74. The number of amides is 2. The molecule has 8 rings (SSSR count). The van der Waals surface area contributed by atoms with Crippen LogP contribution in [0, 0.1) is 28.1 Å². The summed E-state index contributed by atoms with van der Waals surface area (Å²) in [6.07, 6.45) is 7.47. The molecule has 2 amide bonds. The summed E-state index contributed by atoms with van der Waals surface area (Å²) in [6, 6.07) is 19.7. The van der Waals surface area contributed by atoms with Crippen LogP contribution in [0.25, 0.3) is 10.9 Å². The Labute approximate surface area is 339 Å². The minimum absolute atomic E-state index is 0.124. The molecule has 3 aliphatic heterocycles. The minimum Gasteiger partial charge on any atom is -0.489 e. The number of piperidine rings is 2. The van der Waals surface area contributed by atoms with E-state index in [1.54, 1.807) is 24.4 Å². The lowest BCUT2D eigenvalue weighted by Gasteiger charge is -2.63. The maximum absolute atomic E-state index is 13.5. The number of likely N-dealkylation sites (tertiary alicyclic amines) is 1. The zero-order valence-electron chi connectivity index (χ0n) is 33.2. The molecule has 2 aromatic carbocycles. The molecule has 1 unspecified atom stereocenters. The Balaban J connectivity index is 0.799. The number of anilines is 2. The highest BCUT2D eigenvalue weighted by molar-refractivity contribution is 6.31. The predicted octanol–water partition coefficient (Wildman–Crippen LogP) is 6.33. The van der Waals surface area contributed by atoms with Crippen LogP contribution in [0.15, 0.2) is 67.0 Å². The van der Waals surface area contributed by atoms with Crippen LogP contribution < -0.4 is 25.2 Å². The van der Waals surface area contributed by atoms with Crippen LogP contribution in [0.3, 0.4) is 0 Å². The maximum Gasteiger partial charge on any atom is 0.253 e. The Bertz CT molecular complexity index is 2150. The molecule has 12 nitrogen and oxygen atoms in total. The Hall–Kier alpha value is -4.83.